The van der Waals surface area contributed by atoms with Gasteiger partial charge in [0.25, 0.3) is 0 Å². The number of carbonyl (C=O) groups excluding carboxylic acids is 2. The van der Waals surface area contributed by atoms with Crippen molar-refractivity contribution in [1.82, 2.24) is 10.2 Å². The lowest BCUT2D eigenvalue weighted by molar-refractivity contribution is -0.123. The highest BCUT2D eigenvalue weighted by molar-refractivity contribution is 7.91. The number of carbonyl (C=O) groups is 2. The second-order valence-corrected chi connectivity index (χ2v) is 9.46. The van der Waals surface area contributed by atoms with Crippen LogP contribution in [-0.2, 0) is 19.4 Å². The SMILES string of the molecule is CN(CCC(=O)Nc1cccc2ccccc12)CC(=O)NC1CCS(=O)(=O)C1. The van der Waals surface area contributed by atoms with E-state index in [1.807, 2.05) is 42.5 Å². The number of amides is 2. The molecule has 1 fully saturated rings. The summed E-state index contributed by atoms with van der Waals surface area (Å²) in [5.74, 6) is -0.206. The van der Waals surface area contributed by atoms with Crippen LogP contribution in [0.3, 0.4) is 0 Å². The number of hydrogen-bond donors (Lipinski definition) is 2. The Labute approximate surface area is 165 Å². The minimum Gasteiger partial charge on any atom is -0.351 e. The van der Waals surface area contributed by atoms with Crippen LogP contribution < -0.4 is 10.6 Å². The Bertz CT molecular complexity index is 969. The fourth-order valence-electron chi connectivity index (χ4n) is 3.35. The summed E-state index contributed by atoms with van der Waals surface area (Å²) in [6, 6.07) is 13.3. The number of likely N-dealkylation sites (N-methyl/N-ethyl adjacent to an activating group) is 1. The van der Waals surface area contributed by atoms with E-state index in [0.717, 1.165) is 16.5 Å². The number of anilines is 1. The van der Waals surface area contributed by atoms with E-state index in [4.69, 9.17) is 0 Å². The third-order valence-corrected chi connectivity index (χ3v) is 6.56. The standard InChI is InChI=1S/C20H25N3O4S/c1-23(13-20(25)21-16-10-12-28(26,27)14-16)11-9-19(24)22-18-8-4-6-15-5-2-3-7-17(15)18/h2-8,16H,9-14H2,1H3,(H,21,25)(H,22,24). The Hall–Kier alpha value is -2.45. The van der Waals surface area contributed by atoms with E-state index < -0.39 is 9.84 Å². The number of rotatable bonds is 7. The Morgan fingerprint density at radius 3 is 2.61 bits per heavy atom. The molecule has 28 heavy (non-hydrogen) atoms. The maximum Gasteiger partial charge on any atom is 0.234 e. The Kier molecular flexibility index (Phi) is 6.31. The summed E-state index contributed by atoms with van der Waals surface area (Å²) >= 11 is 0. The molecule has 0 saturated carbocycles. The summed E-state index contributed by atoms with van der Waals surface area (Å²) in [6.45, 7) is 0.547. The largest absolute Gasteiger partial charge is 0.351 e. The zero-order valence-corrected chi connectivity index (χ0v) is 16.7. The number of nitrogens with zero attached hydrogens (tertiary/aromatic N) is 1. The highest BCUT2D eigenvalue weighted by Gasteiger charge is 2.28. The van der Waals surface area contributed by atoms with Gasteiger partial charge >= 0.3 is 0 Å². The van der Waals surface area contributed by atoms with Gasteiger partial charge in [-0.05, 0) is 24.9 Å². The number of sulfone groups is 1. The van der Waals surface area contributed by atoms with Gasteiger partial charge < -0.3 is 10.6 Å². The van der Waals surface area contributed by atoms with Gasteiger partial charge in [-0.1, -0.05) is 36.4 Å². The van der Waals surface area contributed by atoms with Crippen LogP contribution in [0.4, 0.5) is 5.69 Å². The van der Waals surface area contributed by atoms with Crippen molar-refractivity contribution in [1.29, 1.82) is 0 Å². The molecule has 3 rings (SSSR count). The summed E-state index contributed by atoms with van der Waals surface area (Å²) in [6.07, 6.45) is 0.718. The molecule has 2 N–H and O–H groups in total. The molecule has 1 saturated heterocycles. The molecule has 0 aliphatic carbocycles. The first-order chi connectivity index (χ1) is 13.3. The van der Waals surface area contributed by atoms with Crippen molar-refractivity contribution >= 4 is 38.1 Å². The van der Waals surface area contributed by atoms with Crippen molar-refractivity contribution < 1.29 is 18.0 Å². The van der Waals surface area contributed by atoms with E-state index in [1.165, 1.54) is 0 Å². The number of benzene rings is 2. The van der Waals surface area contributed by atoms with E-state index in [9.17, 15) is 18.0 Å². The van der Waals surface area contributed by atoms with Crippen LogP contribution in [0.2, 0.25) is 0 Å². The first-order valence-electron chi connectivity index (χ1n) is 9.28. The zero-order valence-electron chi connectivity index (χ0n) is 15.8. The molecule has 0 spiro atoms. The average molecular weight is 404 g/mol. The highest BCUT2D eigenvalue weighted by atomic mass is 32.2. The van der Waals surface area contributed by atoms with Crippen LogP contribution in [-0.4, -0.2) is 62.8 Å². The lowest BCUT2D eigenvalue weighted by Gasteiger charge is -2.18. The first kappa shape index (κ1) is 20.3. The van der Waals surface area contributed by atoms with Crippen LogP contribution in [0.1, 0.15) is 12.8 Å². The molecule has 1 aliphatic rings. The predicted octanol–water partition coefficient (Wildman–Crippen LogP) is 1.40. The topological polar surface area (TPSA) is 95.6 Å². The Morgan fingerprint density at radius 1 is 1.11 bits per heavy atom. The van der Waals surface area contributed by atoms with Crippen molar-refractivity contribution in [2.75, 3.05) is 37.0 Å². The molecular weight excluding hydrogens is 378 g/mol. The molecule has 8 heteroatoms. The molecular formula is C20H25N3O4S. The van der Waals surface area contributed by atoms with E-state index in [-0.39, 0.29) is 42.3 Å². The summed E-state index contributed by atoms with van der Waals surface area (Å²) in [4.78, 5) is 26.1. The summed E-state index contributed by atoms with van der Waals surface area (Å²) in [5.41, 5.74) is 0.769. The molecule has 0 aromatic heterocycles. The van der Waals surface area contributed by atoms with Gasteiger partial charge in [0, 0.05) is 30.1 Å². The van der Waals surface area contributed by atoms with Gasteiger partial charge in [-0.2, -0.15) is 0 Å². The second-order valence-electron chi connectivity index (χ2n) is 7.23. The second kappa shape index (κ2) is 8.70. The Balaban J connectivity index is 1.44. The summed E-state index contributed by atoms with van der Waals surface area (Å²) in [7, 11) is -1.26. The molecule has 150 valence electrons. The molecule has 1 heterocycles. The molecule has 2 aromatic rings. The molecule has 0 radical (unpaired) electrons. The number of nitrogens with one attached hydrogen (secondary N) is 2. The number of fused-ring (bicyclic) bond motifs is 1. The van der Waals surface area contributed by atoms with E-state index in [0.29, 0.717) is 13.0 Å². The average Bonchev–Trinajstić information content (AvgIpc) is 2.98. The van der Waals surface area contributed by atoms with Crippen LogP contribution in [0.15, 0.2) is 42.5 Å². The van der Waals surface area contributed by atoms with Crippen molar-refractivity contribution in [2.24, 2.45) is 0 Å². The van der Waals surface area contributed by atoms with Crippen molar-refractivity contribution in [3.63, 3.8) is 0 Å². The maximum atomic E-state index is 12.3. The minimum absolute atomic E-state index is 0.00981. The quantitative estimate of drug-likeness (QED) is 0.729. The van der Waals surface area contributed by atoms with Crippen molar-refractivity contribution in [3.8, 4) is 0 Å². The van der Waals surface area contributed by atoms with Gasteiger partial charge in [0.1, 0.15) is 0 Å². The van der Waals surface area contributed by atoms with E-state index >= 15 is 0 Å². The predicted molar refractivity (Wildman–Crippen MR) is 110 cm³/mol. The van der Waals surface area contributed by atoms with Crippen LogP contribution in [0.5, 0.6) is 0 Å². The maximum absolute atomic E-state index is 12.3. The Morgan fingerprint density at radius 2 is 1.86 bits per heavy atom. The number of hydrogen-bond acceptors (Lipinski definition) is 5. The smallest absolute Gasteiger partial charge is 0.234 e. The van der Waals surface area contributed by atoms with Crippen LogP contribution in [0.25, 0.3) is 10.8 Å². The van der Waals surface area contributed by atoms with Gasteiger partial charge in [0.2, 0.25) is 11.8 Å². The van der Waals surface area contributed by atoms with Crippen LogP contribution in [0, 0.1) is 0 Å². The van der Waals surface area contributed by atoms with Crippen LogP contribution >= 0.6 is 0 Å². The first-order valence-corrected chi connectivity index (χ1v) is 11.1. The van der Waals surface area contributed by atoms with Crippen molar-refractivity contribution in [2.45, 2.75) is 18.9 Å². The normalized spacial score (nSPS) is 18.3. The molecule has 1 unspecified atom stereocenters. The van der Waals surface area contributed by atoms with Gasteiger partial charge in [-0.15, -0.1) is 0 Å². The molecule has 7 nitrogen and oxygen atoms in total. The lowest BCUT2D eigenvalue weighted by Crippen LogP contribution is -2.42. The van der Waals surface area contributed by atoms with Gasteiger partial charge in [-0.25, -0.2) is 8.42 Å². The van der Waals surface area contributed by atoms with Gasteiger partial charge in [0.05, 0.1) is 18.1 Å². The monoisotopic (exact) mass is 403 g/mol. The van der Waals surface area contributed by atoms with Gasteiger partial charge in [-0.3, -0.25) is 14.5 Å². The van der Waals surface area contributed by atoms with Gasteiger partial charge in [0.15, 0.2) is 9.84 Å². The fraction of sp³-hybridized carbons (Fsp3) is 0.400. The van der Waals surface area contributed by atoms with E-state index in [1.54, 1.807) is 11.9 Å². The van der Waals surface area contributed by atoms with E-state index in [2.05, 4.69) is 10.6 Å². The van der Waals surface area contributed by atoms with Crippen molar-refractivity contribution in [3.05, 3.63) is 42.5 Å². The fourth-order valence-corrected chi connectivity index (χ4v) is 5.02. The lowest BCUT2D eigenvalue weighted by atomic mass is 10.1. The third kappa shape index (κ3) is 5.53. The molecule has 1 atom stereocenters. The molecule has 2 aromatic carbocycles. The highest BCUT2D eigenvalue weighted by Crippen LogP contribution is 2.23. The summed E-state index contributed by atoms with van der Waals surface area (Å²) in [5, 5.41) is 7.72. The summed E-state index contributed by atoms with van der Waals surface area (Å²) < 4.78 is 22.9. The molecule has 0 bridgehead atoms. The minimum atomic E-state index is -3.02. The third-order valence-electron chi connectivity index (χ3n) is 4.80. The zero-order chi connectivity index (χ0) is 20.1. The molecule has 2 amide bonds. The molecule has 1 aliphatic heterocycles.